The first-order chi connectivity index (χ1) is 15.6. The number of nitrogens with zero attached hydrogens (tertiary/aromatic N) is 6. The Morgan fingerprint density at radius 2 is 2.06 bits per heavy atom. The minimum atomic E-state index is 0.610. The van der Waals surface area contributed by atoms with E-state index in [1.54, 1.807) is 0 Å². The van der Waals surface area contributed by atoms with Crippen molar-refractivity contribution in [2.75, 3.05) is 11.1 Å². The number of hydrogen-bond acceptors (Lipinski definition) is 6. The van der Waals surface area contributed by atoms with Gasteiger partial charge in [0.1, 0.15) is 5.65 Å². The average molecular weight is 426 g/mol. The molecule has 1 saturated carbocycles. The van der Waals surface area contributed by atoms with Gasteiger partial charge in [-0.3, -0.25) is 14.2 Å². The number of aromatic amines is 1. The highest BCUT2D eigenvalue weighted by Crippen LogP contribution is 2.39. The minimum absolute atomic E-state index is 0.610. The second-order valence-electron chi connectivity index (χ2n) is 8.35. The molecule has 0 saturated heterocycles. The molecular weight excluding hydrogens is 402 g/mol. The predicted molar refractivity (Wildman–Crippen MR) is 123 cm³/mol. The van der Waals surface area contributed by atoms with Crippen LogP contribution in [0.5, 0.6) is 0 Å². The van der Waals surface area contributed by atoms with E-state index in [1.807, 2.05) is 64.9 Å². The Morgan fingerprint density at radius 1 is 1.16 bits per heavy atom. The minimum Gasteiger partial charge on any atom is -0.399 e. The Bertz CT molecular complexity index is 1420. The van der Waals surface area contributed by atoms with E-state index >= 15 is 0 Å². The molecule has 1 fully saturated rings. The summed E-state index contributed by atoms with van der Waals surface area (Å²) < 4.78 is 3.83. The fourth-order valence-electron chi connectivity index (χ4n) is 3.93. The number of nitrogens with one attached hydrogen (secondary N) is 2. The van der Waals surface area contributed by atoms with Crippen LogP contribution in [0.1, 0.15) is 35.7 Å². The molecule has 1 aromatic carbocycles. The molecule has 0 bridgehead atoms. The molecule has 4 heterocycles. The van der Waals surface area contributed by atoms with E-state index in [4.69, 9.17) is 10.7 Å². The first-order valence-electron chi connectivity index (χ1n) is 10.7. The molecule has 0 aliphatic heterocycles. The molecule has 0 radical (unpaired) electrons. The Balaban J connectivity index is 1.33. The van der Waals surface area contributed by atoms with Crippen LogP contribution in [0, 0.1) is 6.92 Å². The van der Waals surface area contributed by atoms with Crippen LogP contribution in [0.2, 0.25) is 0 Å². The number of aromatic nitrogens is 7. The number of H-pyrrole nitrogens is 1. The number of nitrogens with two attached hydrogens (primary N) is 1. The van der Waals surface area contributed by atoms with Gasteiger partial charge in [-0.05, 0) is 37.5 Å². The van der Waals surface area contributed by atoms with Crippen LogP contribution in [0.3, 0.4) is 0 Å². The summed E-state index contributed by atoms with van der Waals surface area (Å²) >= 11 is 0. The summed E-state index contributed by atoms with van der Waals surface area (Å²) in [6.07, 6.45) is 8.22. The summed E-state index contributed by atoms with van der Waals surface area (Å²) in [6.45, 7) is 2.61. The topological polar surface area (TPSA) is 115 Å². The fraction of sp³-hybridized carbons (Fsp3) is 0.217. The van der Waals surface area contributed by atoms with Gasteiger partial charge in [-0.2, -0.15) is 10.2 Å². The predicted octanol–water partition coefficient (Wildman–Crippen LogP) is 3.88. The molecule has 0 spiro atoms. The second-order valence-corrected chi connectivity index (χ2v) is 8.35. The third-order valence-corrected chi connectivity index (χ3v) is 5.65. The van der Waals surface area contributed by atoms with Gasteiger partial charge in [0.25, 0.3) is 0 Å². The van der Waals surface area contributed by atoms with Crippen LogP contribution >= 0.6 is 0 Å². The highest BCUT2D eigenvalue weighted by molar-refractivity contribution is 5.66. The standard InChI is InChI=1S/C23H23N9/c1-14-11-32-22(26-14)9-19(27-23(32)28-21-8-20(29-30-21)16-5-6-16)17-10-25-31(13-17)12-15-3-2-4-18(24)7-15/h2-4,7-11,13,16H,5-6,12,24H2,1H3,(H2,27,28,29,30). The van der Waals surface area contributed by atoms with Crippen LogP contribution in [-0.2, 0) is 6.54 Å². The van der Waals surface area contributed by atoms with Gasteiger partial charge in [0, 0.05) is 47.4 Å². The SMILES string of the molecule is Cc1cn2c(Nc3cc(C4CC4)[nH]n3)nc(-c3cnn(Cc4cccc(N)c4)c3)cc2n1. The van der Waals surface area contributed by atoms with Crippen LogP contribution in [0.15, 0.2) is 55.0 Å². The molecule has 5 aromatic rings. The highest BCUT2D eigenvalue weighted by Gasteiger charge is 2.25. The zero-order valence-electron chi connectivity index (χ0n) is 17.7. The van der Waals surface area contributed by atoms with Crippen LogP contribution < -0.4 is 11.1 Å². The quantitative estimate of drug-likeness (QED) is 0.356. The van der Waals surface area contributed by atoms with Gasteiger partial charge < -0.3 is 11.1 Å². The van der Waals surface area contributed by atoms with E-state index in [0.717, 1.165) is 39.7 Å². The molecule has 0 unspecified atom stereocenters. The van der Waals surface area contributed by atoms with Crippen molar-refractivity contribution in [3.8, 4) is 11.3 Å². The van der Waals surface area contributed by atoms with Gasteiger partial charge in [0.2, 0.25) is 5.95 Å². The summed E-state index contributed by atoms with van der Waals surface area (Å²) in [5, 5.41) is 15.4. The third kappa shape index (κ3) is 3.58. The fourth-order valence-corrected chi connectivity index (χ4v) is 3.93. The van der Waals surface area contributed by atoms with E-state index in [9.17, 15) is 0 Å². The first kappa shape index (κ1) is 18.6. The molecule has 4 N–H and O–H groups in total. The molecular formula is C23H23N9. The van der Waals surface area contributed by atoms with Gasteiger partial charge in [0.05, 0.1) is 24.1 Å². The smallest absolute Gasteiger partial charge is 0.215 e. The molecule has 9 nitrogen and oxygen atoms in total. The van der Waals surface area contributed by atoms with E-state index in [2.05, 4.69) is 31.7 Å². The Labute approximate surface area is 184 Å². The van der Waals surface area contributed by atoms with Crippen molar-refractivity contribution >= 4 is 23.1 Å². The molecule has 1 aliphatic rings. The van der Waals surface area contributed by atoms with E-state index < -0.39 is 0 Å². The summed E-state index contributed by atoms with van der Waals surface area (Å²) in [5.41, 5.74) is 12.4. The summed E-state index contributed by atoms with van der Waals surface area (Å²) in [4.78, 5) is 9.51. The number of nitrogen functional groups attached to an aromatic ring is 1. The van der Waals surface area contributed by atoms with Crippen LogP contribution in [-0.4, -0.2) is 34.3 Å². The van der Waals surface area contributed by atoms with E-state index in [1.165, 1.54) is 18.5 Å². The Hall–Kier alpha value is -4.14. The number of benzene rings is 1. The summed E-state index contributed by atoms with van der Waals surface area (Å²) in [7, 11) is 0. The van der Waals surface area contributed by atoms with Crippen LogP contribution in [0.25, 0.3) is 16.9 Å². The lowest BCUT2D eigenvalue weighted by Crippen LogP contribution is -2.03. The molecule has 4 aromatic heterocycles. The normalized spacial score (nSPS) is 13.7. The van der Waals surface area contributed by atoms with Crippen molar-refractivity contribution in [3.63, 3.8) is 0 Å². The lowest BCUT2D eigenvalue weighted by atomic mass is 10.2. The average Bonchev–Trinajstić information content (AvgIpc) is 3.15. The van der Waals surface area contributed by atoms with Crippen molar-refractivity contribution in [1.82, 2.24) is 34.3 Å². The lowest BCUT2D eigenvalue weighted by molar-refractivity contribution is 0.687. The number of rotatable bonds is 6. The monoisotopic (exact) mass is 425 g/mol. The number of fused-ring (bicyclic) bond motifs is 1. The molecule has 32 heavy (non-hydrogen) atoms. The zero-order chi connectivity index (χ0) is 21.7. The second kappa shape index (κ2) is 7.23. The molecule has 9 heteroatoms. The molecule has 0 amide bonds. The van der Waals surface area contributed by atoms with Crippen LogP contribution in [0.4, 0.5) is 17.5 Å². The summed E-state index contributed by atoms with van der Waals surface area (Å²) in [5.74, 6) is 2.02. The number of imidazole rings is 1. The molecule has 160 valence electrons. The van der Waals surface area contributed by atoms with Crippen molar-refractivity contribution < 1.29 is 0 Å². The number of hydrogen-bond donors (Lipinski definition) is 3. The van der Waals surface area contributed by atoms with Crippen molar-refractivity contribution in [1.29, 1.82) is 0 Å². The third-order valence-electron chi connectivity index (χ3n) is 5.65. The van der Waals surface area contributed by atoms with Gasteiger partial charge in [0.15, 0.2) is 5.82 Å². The highest BCUT2D eigenvalue weighted by atomic mass is 15.3. The number of anilines is 3. The Morgan fingerprint density at radius 3 is 2.91 bits per heavy atom. The number of aryl methyl sites for hydroxylation is 1. The molecule has 6 rings (SSSR count). The van der Waals surface area contributed by atoms with Crippen molar-refractivity contribution in [3.05, 3.63) is 71.9 Å². The summed E-state index contributed by atoms with van der Waals surface area (Å²) in [6, 6.07) is 11.9. The van der Waals surface area contributed by atoms with Crippen molar-refractivity contribution in [2.24, 2.45) is 0 Å². The van der Waals surface area contributed by atoms with Gasteiger partial charge in [-0.15, -0.1) is 0 Å². The van der Waals surface area contributed by atoms with Gasteiger partial charge in [-0.25, -0.2) is 9.97 Å². The maximum atomic E-state index is 5.90. The maximum Gasteiger partial charge on any atom is 0.215 e. The van der Waals surface area contributed by atoms with Gasteiger partial charge in [-0.1, -0.05) is 12.1 Å². The molecule has 0 atom stereocenters. The maximum absolute atomic E-state index is 5.90. The first-order valence-corrected chi connectivity index (χ1v) is 10.7. The largest absolute Gasteiger partial charge is 0.399 e. The van der Waals surface area contributed by atoms with E-state index in [0.29, 0.717) is 18.4 Å². The Kier molecular flexibility index (Phi) is 4.20. The van der Waals surface area contributed by atoms with Crippen molar-refractivity contribution in [2.45, 2.75) is 32.2 Å². The lowest BCUT2D eigenvalue weighted by Gasteiger charge is -2.08. The zero-order valence-corrected chi connectivity index (χ0v) is 17.7. The van der Waals surface area contributed by atoms with Gasteiger partial charge >= 0.3 is 0 Å². The van der Waals surface area contributed by atoms with E-state index in [-0.39, 0.29) is 0 Å². The molecule has 1 aliphatic carbocycles.